The zero-order chi connectivity index (χ0) is 16.2. The van der Waals surface area contributed by atoms with E-state index in [1.807, 2.05) is 13.8 Å². The minimum Gasteiger partial charge on any atom is -0.491 e. The molecular formula is C12H17ClN2O5S. The zero-order valence-corrected chi connectivity index (χ0v) is 13.2. The Labute approximate surface area is 128 Å². The number of rotatable bonds is 7. The Morgan fingerprint density at radius 3 is 2.52 bits per heavy atom. The van der Waals surface area contributed by atoms with Crippen LogP contribution in [0.25, 0.3) is 0 Å². The standard InChI is InChI=1S/C12H17ClN2O5S/c1-8(2)9(7-21(14,18)19)6-20-12-5-10(15(16)17)3-4-11(12)13/h3-5,8-9H,6-7H2,1-2H3,(H2,14,18,19). The van der Waals surface area contributed by atoms with Crippen LogP contribution in [0.1, 0.15) is 13.8 Å². The predicted octanol–water partition coefficient (Wildman–Crippen LogP) is 2.19. The maximum absolute atomic E-state index is 11.2. The number of nitrogens with zero attached hydrogens (tertiary/aromatic N) is 1. The topological polar surface area (TPSA) is 113 Å². The number of primary sulfonamides is 1. The Bertz CT molecular complexity index is 618. The summed E-state index contributed by atoms with van der Waals surface area (Å²) in [5, 5.41) is 16.0. The minimum atomic E-state index is -3.63. The van der Waals surface area contributed by atoms with Crippen LogP contribution in [-0.2, 0) is 10.0 Å². The fourth-order valence-electron chi connectivity index (χ4n) is 1.64. The molecule has 0 aliphatic rings. The first-order chi connectivity index (χ1) is 9.60. The van der Waals surface area contributed by atoms with Crippen LogP contribution in [-0.4, -0.2) is 25.7 Å². The van der Waals surface area contributed by atoms with Gasteiger partial charge in [-0.05, 0) is 12.0 Å². The molecular weight excluding hydrogens is 320 g/mol. The molecule has 1 rings (SSSR count). The number of hydrogen-bond acceptors (Lipinski definition) is 5. The van der Waals surface area contributed by atoms with E-state index in [1.165, 1.54) is 18.2 Å². The molecule has 0 aromatic heterocycles. The molecule has 1 aromatic rings. The fraction of sp³-hybridized carbons (Fsp3) is 0.500. The van der Waals surface area contributed by atoms with Crippen molar-refractivity contribution in [1.82, 2.24) is 0 Å². The smallest absolute Gasteiger partial charge is 0.273 e. The van der Waals surface area contributed by atoms with Crippen LogP contribution < -0.4 is 9.88 Å². The van der Waals surface area contributed by atoms with Gasteiger partial charge in [-0.15, -0.1) is 0 Å². The van der Waals surface area contributed by atoms with Crippen molar-refractivity contribution in [1.29, 1.82) is 0 Å². The average molecular weight is 337 g/mol. The number of non-ortho nitro benzene ring substituents is 1. The number of ether oxygens (including phenoxy) is 1. The number of sulfonamides is 1. The molecule has 2 N–H and O–H groups in total. The van der Waals surface area contributed by atoms with Crippen molar-refractivity contribution >= 4 is 27.3 Å². The molecule has 0 fully saturated rings. The van der Waals surface area contributed by atoms with E-state index in [0.29, 0.717) is 0 Å². The highest BCUT2D eigenvalue weighted by Gasteiger charge is 2.21. The summed E-state index contributed by atoms with van der Waals surface area (Å²) in [4.78, 5) is 10.1. The molecule has 0 saturated heterocycles. The lowest BCUT2D eigenvalue weighted by Gasteiger charge is -2.20. The molecule has 0 spiro atoms. The van der Waals surface area contributed by atoms with E-state index in [4.69, 9.17) is 21.5 Å². The van der Waals surface area contributed by atoms with Gasteiger partial charge in [-0.1, -0.05) is 25.4 Å². The van der Waals surface area contributed by atoms with Crippen molar-refractivity contribution in [2.24, 2.45) is 17.0 Å². The molecule has 0 aliphatic heterocycles. The lowest BCUT2D eigenvalue weighted by atomic mass is 9.99. The lowest BCUT2D eigenvalue weighted by molar-refractivity contribution is -0.384. The second-order valence-electron chi connectivity index (χ2n) is 5.02. The van der Waals surface area contributed by atoms with E-state index in [0.717, 1.165) is 0 Å². The first-order valence-electron chi connectivity index (χ1n) is 6.17. The van der Waals surface area contributed by atoms with E-state index in [1.54, 1.807) is 0 Å². The SMILES string of the molecule is CC(C)C(COc1cc([N+](=O)[O-])ccc1Cl)CS(N)(=O)=O. The van der Waals surface area contributed by atoms with Crippen molar-refractivity contribution in [3.8, 4) is 5.75 Å². The molecule has 0 amide bonds. The van der Waals surface area contributed by atoms with Gasteiger partial charge in [0.1, 0.15) is 5.75 Å². The quantitative estimate of drug-likeness (QED) is 0.605. The third-order valence-corrected chi connectivity index (χ3v) is 4.17. The maximum Gasteiger partial charge on any atom is 0.273 e. The highest BCUT2D eigenvalue weighted by molar-refractivity contribution is 7.89. The second kappa shape index (κ2) is 7.06. The molecule has 0 radical (unpaired) electrons. The van der Waals surface area contributed by atoms with E-state index in [9.17, 15) is 18.5 Å². The highest BCUT2D eigenvalue weighted by atomic mass is 35.5. The third-order valence-electron chi connectivity index (χ3n) is 2.97. The van der Waals surface area contributed by atoms with Crippen LogP contribution in [0.5, 0.6) is 5.75 Å². The molecule has 7 nitrogen and oxygen atoms in total. The summed E-state index contributed by atoms with van der Waals surface area (Å²) >= 11 is 5.91. The number of nitrogens with two attached hydrogens (primary N) is 1. The molecule has 21 heavy (non-hydrogen) atoms. The molecule has 0 bridgehead atoms. The monoisotopic (exact) mass is 336 g/mol. The molecule has 0 heterocycles. The van der Waals surface area contributed by atoms with Gasteiger partial charge in [-0.25, -0.2) is 13.6 Å². The van der Waals surface area contributed by atoms with Crippen LogP contribution in [0.4, 0.5) is 5.69 Å². The van der Waals surface area contributed by atoms with Gasteiger partial charge in [-0.3, -0.25) is 10.1 Å². The Kier molecular flexibility index (Phi) is 5.94. The summed E-state index contributed by atoms with van der Waals surface area (Å²) in [5.74, 6) is -0.404. The summed E-state index contributed by atoms with van der Waals surface area (Å²) in [6.07, 6.45) is 0. The van der Waals surface area contributed by atoms with Gasteiger partial charge >= 0.3 is 0 Å². The number of benzene rings is 1. The predicted molar refractivity (Wildman–Crippen MR) is 79.9 cm³/mol. The van der Waals surface area contributed by atoms with Crippen LogP contribution >= 0.6 is 11.6 Å². The van der Waals surface area contributed by atoms with Gasteiger partial charge in [0, 0.05) is 12.0 Å². The van der Waals surface area contributed by atoms with Crippen LogP contribution in [0.15, 0.2) is 18.2 Å². The zero-order valence-electron chi connectivity index (χ0n) is 11.7. The van der Waals surface area contributed by atoms with Gasteiger partial charge in [0.05, 0.1) is 28.4 Å². The first-order valence-corrected chi connectivity index (χ1v) is 8.26. The van der Waals surface area contributed by atoms with Gasteiger partial charge in [0.25, 0.3) is 5.69 Å². The largest absolute Gasteiger partial charge is 0.491 e. The molecule has 118 valence electrons. The minimum absolute atomic E-state index is 0.0146. The maximum atomic E-state index is 11.2. The Hall–Kier alpha value is -1.38. The number of nitro benzene ring substituents is 1. The summed E-state index contributed by atoms with van der Waals surface area (Å²) in [6, 6.07) is 3.83. The third kappa shape index (κ3) is 5.86. The van der Waals surface area contributed by atoms with E-state index in [-0.39, 0.29) is 40.7 Å². The first kappa shape index (κ1) is 17.7. The van der Waals surface area contributed by atoms with Crippen molar-refractivity contribution in [2.45, 2.75) is 13.8 Å². The van der Waals surface area contributed by atoms with Gasteiger partial charge < -0.3 is 4.74 Å². The second-order valence-corrected chi connectivity index (χ2v) is 7.08. The molecule has 9 heteroatoms. The molecule has 1 aromatic carbocycles. The summed E-state index contributed by atoms with van der Waals surface area (Å²) < 4.78 is 27.8. The number of hydrogen-bond donors (Lipinski definition) is 1. The average Bonchev–Trinajstić information content (AvgIpc) is 2.34. The van der Waals surface area contributed by atoms with Crippen LogP contribution in [0.2, 0.25) is 5.02 Å². The Morgan fingerprint density at radius 2 is 2.05 bits per heavy atom. The number of halogens is 1. The Morgan fingerprint density at radius 1 is 1.43 bits per heavy atom. The molecule has 1 atom stereocenters. The summed E-state index contributed by atoms with van der Waals surface area (Å²) in [7, 11) is -3.63. The van der Waals surface area contributed by atoms with Crippen LogP contribution in [0.3, 0.4) is 0 Å². The molecule has 0 saturated carbocycles. The molecule has 1 unspecified atom stereocenters. The number of nitro groups is 1. The van der Waals surface area contributed by atoms with Crippen molar-refractivity contribution in [2.75, 3.05) is 12.4 Å². The van der Waals surface area contributed by atoms with E-state index >= 15 is 0 Å². The van der Waals surface area contributed by atoms with Crippen molar-refractivity contribution < 1.29 is 18.1 Å². The fourth-order valence-corrected chi connectivity index (χ4v) is 2.89. The van der Waals surface area contributed by atoms with Crippen LogP contribution in [0, 0.1) is 22.0 Å². The summed E-state index contributed by atoms with van der Waals surface area (Å²) in [6.45, 7) is 3.73. The van der Waals surface area contributed by atoms with Gasteiger partial charge in [0.15, 0.2) is 0 Å². The summed E-state index contributed by atoms with van der Waals surface area (Å²) in [5.41, 5.74) is -0.151. The van der Waals surface area contributed by atoms with E-state index < -0.39 is 14.9 Å². The van der Waals surface area contributed by atoms with Crippen molar-refractivity contribution in [3.05, 3.63) is 33.3 Å². The Balaban J connectivity index is 2.85. The molecule has 0 aliphatic carbocycles. The highest BCUT2D eigenvalue weighted by Crippen LogP contribution is 2.29. The van der Waals surface area contributed by atoms with Crippen molar-refractivity contribution in [3.63, 3.8) is 0 Å². The van der Waals surface area contributed by atoms with Gasteiger partial charge in [0.2, 0.25) is 10.0 Å². The van der Waals surface area contributed by atoms with E-state index in [2.05, 4.69) is 0 Å². The van der Waals surface area contributed by atoms with Gasteiger partial charge in [-0.2, -0.15) is 0 Å². The lowest BCUT2D eigenvalue weighted by Crippen LogP contribution is -2.30. The normalized spacial score (nSPS) is 13.2.